The van der Waals surface area contributed by atoms with Gasteiger partial charge in [-0.25, -0.2) is 0 Å². The van der Waals surface area contributed by atoms with Crippen molar-refractivity contribution in [3.63, 3.8) is 0 Å². The Bertz CT molecular complexity index is 598. The van der Waals surface area contributed by atoms with Crippen molar-refractivity contribution >= 4 is 24.0 Å². The van der Waals surface area contributed by atoms with Crippen LogP contribution in [-0.2, 0) is 20.9 Å². The molecule has 8 nitrogen and oxygen atoms in total. The Morgan fingerprint density at radius 2 is 1.28 bits per heavy atom. The fraction of sp³-hybridized carbons (Fsp3) is 0.353. The van der Waals surface area contributed by atoms with Gasteiger partial charge >= 0.3 is 17.9 Å². The van der Waals surface area contributed by atoms with Crippen molar-refractivity contribution in [2.24, 2.45) is 0 Å². The fourth-order valence-corrected chi connectivity index (χ4v) is 2.30. The lowest BCUT2D eigenvalue weighted by Gasteiger charge is -2.25. The molecule has 0 amide bonds. The minimum absolute atomic E-state index is 0.136. The molecule has 0 radical (unpaired) electrons. The Morgan fingerprint density at radius 3 is 1.72 bits per heavy atom. The average molecular weight is 350 g/mol. The Labute approximate surface area is 145 Å². The van der Waals surface area contributed by atoms with Gasteiger partial charge in [-0.3, -0.25) is 24.2 Å². The van der Waals surface area contributed by atoms with Crippen LogP contribution < -0.4 is 0 Å². The largest absolute Gasteiger partial charge is 0.480 e. The van der Waals surface area contributed by atoms with Gasteiger partial charge in [-0.2, -0.15) is 0 Å². The van der Waals surface area contributed by atoms with E-state index in [9.17, 15) is 14.4 Å². The van der Waals surface area contributed by atoms with Gasteiger partial charge in [0.15, 0.2) is 0 Å². The van der Waals surface area contributed by atoms with Crippen LogP contribution in [0.3, 0.4) is 0 Å². The van der Waals surface area contributed by atoms with Gasteiger partial charge in [0.05, 0.1) is 19.6 Å². The average Bonchev–Trinajstić information content (AvgIpc) is 2.51. The monoisotopic (exact) mass is 350 g/mol. The van der Waals surface area contributed by atoms with Gasteiger partial charge in [0, 0.05) is 19.6 Å². The van der Waals surface area contributed by atoms with Gasteiger partial charge < -0.3 is 15.3 Å². The highest BCUT2D eigenvalue weighted by atomic mass is 16.4. The first-order valence-corrected chi connectivity index (χ1v) is 7.61. The lowest BCUT2D eigenvalue weighted by atomic mass is 10.1. The molecule has 25 heavy (non-hydrogen) atoms. The third kappa shape index (κ3) is 8.63. The predicted molar refractivity (Wildman–Crippen MR) is 91.2 cm³/mol. The van der Waals surface area contributed by atoms with Crippen LogP contribution in [0.5, 0.6) is 0 Å². The molecular formula is C17H22N2O6. The number of carbonyl (C=O) groups is 3. The number of nitrogens with zero attached hydrogens (tertiary/aromatic N) is 2. The Morgan fingerprint density at radius 1 is 0.840 bits per heavy atom. The summed E-state index contributed by atoms with van der Waals surface area (Å²) in [5.41, 5.74) is 1.84. The molecule has 0 fully saturated rings. The molecule has 0 spiro atoms. The van der Waals surface area contributed by atoms with Gasteiger partial charge in [0.25, 0.3) is 0 Å². The lowest BCUT2D eigenvalue weighted by molar-refractivity contribution is -0.143. The number of hydrogen-bond acceptors (Lipinski definition) is 5. The van der Waals surface area contributed by atoms with Gasteiger partial charge in [-0.05, 0) is 11.1 Å². The molecule has 1 aromatic carbocycles. The van der Waals surface area contributed by atoms with Crippen LogP contribution >= 0.6 is 0 Å². The molecule has 0 unspecified atom stereocenters. The smallest absolute Gasteiger partial charge is 0.317 e. The first-order chi connectivity index (χ1) is 11.8. The second-order valence-electron chi connectivity index (χ2n) is 5.55. The SMILES string of the molecule is C=Cc1ccc(CN(CCN(CC(=O)O)CC(=O)O)CC(=O)O)cc1. The van der Waals surface area contributed by atoms with E-state index < -0.39 is 31.0 Å². The van der Waals surface area contributed by atoms with Crippen LogP contribution in [0.4, 0.5) is 0 Å². The number of benzene rings is 1. The highest BCUT2D eigenvalue weighted by Gasteiger charge is 2.16. The summed E-state index contributed by atoms with van der Waals surface area (Å²) >= 11 is 0. The van der Waals surface area contributed by atoms with E-state index >= 15 is 0 Å². The Balaban J connectivity index is 2.72. The second-order valence-corrected chi connectivity index (χ2v) is 5.55. The first kappa shape index (κ1) is 20.3. The summed E-state index contributed by atoms with van der Waals surface area (Å²) < 4.78 is 0. The van der Waals surface area contributed by atoms with E-state index in [2.05, 4.69) is 6.58 Å². The Kier molecular flexibility index (Phi) is 8.31. The van der Waals surface area contributed by atoms with Crippen molar-refractivity contribution in [2.45, 2.75) is 6.54 Å². The Hall–Kier alpha value is -2.71. The van der Waals surface area contributed by atoms with Crippen molar-refractivity contribution in [3.8, 4) is 0 Å². The van der Waals surface area contributed by atoms with E-state index in [-0.39, 0.29) is 19.6 Å². The molecule has 0 aromatic heterocycles. The van der Waals surface area contributed by atoms with Crippen molar-refractivity contribution in [1.29, 1.82) is 0 Å². The quantitative estimate of drug-likeness (QED) is 0.504. The minimum Gasteiger partial charge on any atom is -0.480 e. The predicted octanol–water partition coefficient (Wildman–Crippen LogP) is 0.687. The van der Waals surface area contributed by atoms with Crippen LogP contribution in [0, 0.1) is 0 Å². The molecule has 0 saturated carbocycles. The normalized spacial score (nSPS) is 10.8. The minimum atomic E-state index is -1.13. The van der Waals surface area contributed by atoms with Crippen LogP contribution in [0.15, 0.2) is 30.8 Å². The number of aliphatic carboxylic acids is 3. The molecule has 1 aromatic rings. The molecule has 0 heterocycles. The summed E-state index contributed by atoms with van der Waals surface area (Å²) in [7, 11) is 0. The van der Waals surface area contributed by atoms with Gasteiger partial charge in [-0.1, -0.05) is 36.9 Å². The van der Waals surface area contributed by atoms with Crippen LogP contribution in [-0.4, -0.2) is 75.8 Å². The highest BCUT2D eigenvalue weighted by molar-refractivity contribution is 5.72. The third-order valence-corrected chi connectivity index (χ3v) is 3.43. The lowest BCUT2D eigenvalue weighted by Crippen LogP contribution is -2.41. The van der Waals surface area contributed by atoms with Crippen molar-refractivity contribution in [1.82, 2.24) is 9.80 Å². The highest BCUT2D eigenvalue weighted by Crippen LogP contribution is 2.09. The fourth-order valence-electron chi connectivity index (χ4n) is 2.30. The summed E-state index contributed by atoms with van der Waals surface area (Å²) in [6.07, 6.45) is 1.70. The summed E-state index contributed by atoms with van der Waals surface area (Å²) in [5.74, 6) is -3.28. The molecule has 0 saturated heterocycles. The zero-order valence-corrected chi connectivity index (χ0v) is 13.8. The van der Waals surface area contributed by atoms with Crippen molar-refractivity contribution in [2.75, 3.05) is 32.7 Å². The molecule has 0 bridgehead atoms. The number of carboxylic acids is 3. The van der Waals surface area contributed by atoms with E-state index in [1.165, 1.54) is 4.90 Å². The van der Waals surface area contributed by atoms with Crippen molar-refractivity contribution < 1.29 is 29.7 Å². The van der Waals surface area contributed by atoms with E-state index in [1.54, 1.807) is 11.0 Å². The van der Waals surface area contributed by atoms with Gasteiger partial charge in [0.1, 0.15) is 0 Å². The van der Waals surface area contributed by atoms with Crippen LogP contribution in [0.25, 0.3) is 6.08 Å². The summed E-state index contributed by atoms with van der Waals surface area (Å²) in [6.45, 7) is 3.34. The number of hydrogen-bond donors (Lipinski definition) is 3. The first-order valence-electron chi connectivity index (χ1n) is 7.61. The maximum Gasteiger partial charge on any atom is 0.317 e. The zero-order valence-electron chi connectivity index (χ0n) is 13.8. The van der Waals surface area contributed by atoms with E-state index in [0.29, 0.717) is 6.54 Å². The number of rotatable bonds is 12. The number of carboxylic acid groups (broad SMARTS) is 3. The summed E-state index contributed by atoms with van der Waals surface area (Å²) in [4.78, 5) is 35.6. The molecule has 136 valence electrons. The standard InChI is InChI=1S/C17H22N2O6/c1-2-13-3-5-14(6-4-13)9-18(10-15(20)21)7-8-19(11-16(22)23)12-17(24)25/h2-6H,1,7-12H2,(H,20,21)(H,22,23)(H,24,25). The topological polar surface area (TPSA) is 118 Å². The maximum atomic E-state index is 11.0. The van der Waals surface area contributed by atoms with E-state index in [1.807, 2.05) is 24.3 Å². The molecule has 8 heteroatoms. The van der Waals surface area contributed by atoms with Crippen LogP contribution in [0.1, 0.15) is 11.1 Å². The maximum absolute atomic E-state index is 11.0. The summed E-state index contributed by atoms with van der Waals surface area (Å²) in [5, 5.41) is 26.7. The third-order valence-electron chi connectivity index (χ3n) is 3.43. The summed E-state index contributed by atoms with van der Waals surface area (Å²) in [6, 6.07) is 7.45. The molecule has 0 aliphatic heterocycles. The van der Waals surface area contributed by atoms with E-state index in [0.717, 1.165) is 11.1 Å². The second kappa shape index (κ2) is 10.2. The molecule has 0 aliphatic carbocycles. The molecule has 1 rings (SSSR count). The molecule has 3 N–H and O–H groups in total. The van der Waals surface area contributed by atoms with Gasteiger partial charge in [0.2, 0.25) is 0 Å². The zero-order chi connectivity index (χ0) is 18.8. The molecule has 0 atom stereocenters. The van der Waals surface area contributed by atoms with Gasteiger partial charge in [-0.15, -0.1) is 0 Å². The van der Waals surface area contributed by atoms with E-state index in [4.69, 9.17) is 15.3 Å². The van der Waals surface area contributed by atoms with Crippen LogP contribution in [0.2, 0.25) is 0 Å². The van der Waals surface area contributed by atoms with Crippen molar-refractivity contribution in [3.05, 3.63) is 42.0 Å². The molecule has 0 aliphatic rings. The molecular weight excluding hydrogens is 328 g/mol.